The Hall–Kier alpha value is -1.88. The standard InChI is InChI=1S/C18H26N2O3/c1-23-13-5-10-19-18(22)16-8-11-20(12-9-16)17(21)14-15-6-3-2-4-7-15/h2-4,6-7,16H,5,8-14H2,1H3,(H,19,22). The van der Waals surface area contributed by atoms with Gasteiger partial charge in [-0.15, -0.1) is 0 Å². The number of nitrogens with one attached hydrogen (secondary N) is 1. The number of amides is 2. The van der Waals surface area contributed by atoms with Gasteiger partial charge >= 0.3 is 0 Å². The van der Waals surface area contributed by atoms with Crippen LogP contribution in [0.25, 0.3) is 0 Å². The summed E-state index contributed by atoms with van der Waals surface area (Å²) >= 11 is 0. The van der Waals surface area contributed by atoms with Crippen molar-refractivity contribution in [1.82, 2.24) is 10.2 Å². The summed E-state index contributed by atoms with van der Waals surface area (Å²) < 4.78 is 4.96. The van der Waals surface area contributed by atoms with Crippen LogP contribution >= 0.6 is 0 Å². The molecule has 1 aromatic carbocycles. The lowest BCUT2D eigenvalue weighted by molar-refractivity contribution is -0.135. The zero-order valence-corrected chi connectivity index (χ0v) is 13.8. The minimum Gasteiger partial charge on any atom is -0.385 e. The molecule has 2 amide bonds. The topological polar surface area (TPSA) is 58.6 Å². The molecule has 0 radical (unpaired) electrons. The molecule has 1 aliphatic heterocycles. The highest BCUT2D eigenvalue weighted by Gasteiger charge is 2.26. The minimum absolute atomic E-state index is 0.0262. The Morgan fingerprint density at radius 1 is 1.22 bits per heavy atom. The number of likely N-dealkylation sites (tertiary alicyclic amines) is 1. The smallest absolute Gasteiger partial charge is 0.226 e. The monoisotopic (exact) mass is 318 g/mol. The third-order valence-corrected chi connectivity index (χ3v) is 4.24. The van der Waals surface area contributed by atoms with Gasteiger partial charge in [0.1, 0.15) is 0 Å². The van der Waals surface area contributed by atoms with Gasteiger partial charge in [-0.3, -0.25) is 9.59 Å². The quantitative estimate of drug-likeness (QED) is 0.777. The van der Waals surface area contributed by atoms with Crippen molar-refractivity contribution in [3.63, 3.8) is 0 Å². The maximum atomic E-state index is 12.3. The molecule has 1 aromatic rings. The molecule has 23 heavy (non-hydrogen) atoms. The van der Waals surface area contributed by atoms with Crippen LogP contribution in [0.1, 0.15) is 24.8 Å². The van der Waals surface area contributed by atoms with Gasteiger partial charge in [0.25, 0.3) is 0 Å². The lowest BCUT2D eigenvalue weighted by Crippen LogP contribution is -2.43. The second-order valence-corrected chi connectivity index (χ2v) is 5.95. The van der Waals surface area contributed by atoms with E-state index < -0.39 is 0 Å². The Labute approximate surface area is 138 Å². The third-order valence-electron chi connectivity index (χ3n) is 4.24. The molecule has 1 saturated heterocycles. The molecule has 0 bridgehead atoms. The summed E-state index contributed by atoms with van der Waals surface area (Å²) in [6, 6.07) is 9.78. The van der Waals surface area contributed by atoms with E-state index in [1.54, 1.807) is 7.11 Å². The van der Waals surface area contributed by atoms with E-state index in [1.165, 1.54) is 0 Å². The van der Waals surface area contributed by atoms with Gasteiger partial charge in [-0.2, -0.15) is 0 Å². The minimum atomic E-state index is 0.0262. The SMILES string of the molecule is COCCCNC(=O)C1CCN(C(=O)Cc2ccccc2)CC1. The molecule has 0 aliphatic carbocycles. The first-order valence-electron chi connectivity index (χ1n) is 8.29. The van der Waals surface area contributed by atoms with Crippen LogP contribution in [-0.2, 0) is 20.7 Å². The number of carbonyl (C=O) groups excluding carboxylic acids is 2. The van der Waals surface area contributed by atoms with Gasteiger partial charge < -0.3 is 15.0 Å². The van der Waals surface area contributed by atoms with Crippen LogP contribution in [0, 0.1) is 5.92 Å². The van der Waals surface area contributed by atoms with E-state index in [9.17, 15) is 9.59 Å². The summed E-state index contributed by atoms with van der Waals surface area (Å²) in [5, 5.41) is 2.95. The van der Waals surface area contributed by atoms with Crippen molar-refractivity contribution in [3.05, 3.63) is 35.9 Å². The van der Waals surface area contributed by atoms with Crippen LogP contribution in [0.15, 0.2) is 30.3 Å². The summed E-state index contributed by atoms with van der Waals surface area (Å²) in [4.78, 5) is 26.2. The molecule has 2 rings (SSSR count). The fourth-order valence-corrected chi connectivity index (χ4v) is 2.85. The van der Waals surface area contributed by atoms with Crippen LogP contribution in [0.3, 0.4) is 0 Å². The lowest BCUT2D eigenvalue weighted by Gasteiger charge is -2.31. The second kappa shape index (κ2) is 9.30. The maximum Gasteiger partial charge on any atom is 0.226 e. The van der Waals surface area contributed by atoms with Crippen molar-refractivity contribution in [3.8, 4) is 0 Å². The summed E-state index contributed by atoms with van der Waals surface area (Å²) in [5.41, 5.74) is 1.04. The number of methoxy groups -OCH3 is 1. The molecule has 1 fully saturated rings. The van der Waals surface area contributed by atoms with Gasteiger partial charge in [-0.25, -0.2) is 0 Å². The summed E-state index contributed by atoms with van der Waals surface area (Å²) in [6.45, 7) is 2.65. The number of rotatable bonds is 7. The van der Waals surface area contributed by atoms with E-state index in [0.29, 0.717) is 32.7 Å². The molecule has 0 spiro atoms. The van der Waals surface area contributed by atoms with Gasteiger partial charge in [0.2, 0.25) is 11.8 Å². The van der Waals surface area contributed by atoms with Crippen LogP contribution in [0.4, 0.5) is 0 Å². The number of carbonyl (C=O) groups is 2. The molecule has 1 aliphatic rings. The number of hydrogen-bond donors (Lipinski definition) is 1. The molecule has 126 valence electrons. The van der Waals surface area contributed by atoms with Gasteiger partial charge in [0.05, 0.1) is 6.42 Å². The molecular weight excluding hydrogens is 292 g/mol. The molecular formula is C18H26N2O3. The Morgan fingerprint density at radius 2 is 1.91 bits per heavy atom. The van der Waals surface area contributed by atoms with Gasteiger partial charge in [-0.05, 0) is 24.8 Å². The molecule has 0 unspecified atom stereocenters. The van der Waals surface area contributed by atoms with E-state index in [1.807, 2.05) is 35.2 Å². The Kier molecular flexibility index (Phi) is 7.07. The Balaban J connectivity index is 1.70. The van der Waals surface area contributed by atoms with Crippen LogP contribution in [-0.4, -0.2) is 50.1 Å². The number of benzene rings is 1. The largest absolute Gasteiger partial charge is 0.385 e. The second-order valence-electron chi connectivity index (χ2n) is 5.95. The maximum absolute atomic E-state index is 12.3. The number of ether oxygens (including phenoxy) is 1. The highest BCUT2D eigenvalue weighted by Crippen LogP contribution is 2.18. The lowest BCUT2D eigenvalue weighted by atomic mass is 9.95. The zero-order valence-electron chi connectivity index (χ0n) is 13.8. The Bertz CT molecular complexity index is 496. The average molecular weight is 318 g/mol. The van der Waals surface area contributed by atoms with Crippen molar-refractivity contribution >= 4 is 11.8 Å². The van der Waals surface area contributed by atoms with Crippen molar-refractivity contribution in [2.75, 3.05) is 33.4 Å². The van der Waals surface area contributed by atoms with Crippen LogP contribution in [0.5, 0.6) is 0 Å². The number of nitrogens with zero attached hydrogens (tertiary/aromatic N) is 1. The third kappa shape index (κ3) is 5.67. The van der Waals surface area contributed by atoms with Crippen LogP contribution in [0.2, 0.25) is 0 Å². The molecule has 1 heterocycles. The van der Waals surface area contributed by atoms with Crippen molar-refractivity contribution in [2.45, 2.75) is 25.7 Å². The van der Waals surface area contributed by atoms with Crippen molar-refractivity contribution in [1.29, 1.82) is 0 Å². The van der Waals surface area contributed by atoms with Gasteiger partial charge in [0, 0.05) is 39.3 Å². The van der Waals surface area contributed by atoms with E-state index in [0.717, 1.165) is 24.8 Å². The number of piperidine rings is 1. The molecule has 1 N–H and O–H groups in total. The highest BCUT2D eigenvalue weighted by atomic mass is 16.5. The molecule has 0 aromatic heterocycles. The van der Waals surface area contributed by atoms with Gasteiger partial charge in [0.15, 0.2) is 0 Å². The Morgan fingerprint density at radius 3 is 2.57 bits per heavy atom. The highest BCUT2D eigenvalue weighted by molar-refractivity contribution is 5.81. The van der Waals surface area contributed by atoms with E-state index in [-0.39, 0.29) is 17.7 Å². The first-order valence-corrected chi connectivity index (χ1v) is 8.29. The summed E-state index contributed by atoms with van der Waals surface area (Å²) in [6.07, 6.45) is 2.76. The molecule has 0 atom stereocenters. The predicted molar refractivity (Wildman–Crippen MR) is 89.0 cm³/mol. The predicted octanol–water partition coefficient (Wildman–Crippen LogP) is 1.62. The van der Waals surface area contributed by atoms with Crippen molar-refractivity contribution in [2.24, 2.45) is 5.92 Å². The number of hydrogen-bond acceptors (Lipinski definition) is 3. The van der Waals surface area contributed by atoms with Gasteiger partial charge in [-0.1, -0.05) is 30.3 Å². The van der Waals surface area contributed by atoms with Crippen LogP contribution < -0.4 is 5.32 Å². The zero-order chi connectivity index (χ0) is 16.5. The summed E-state index contributed by atoms with van der Waals surface area (Å²) in [7, 11) is 1.66. The fourth-order valence-electron chi connectivity index (χ4n) is 2.85. The molecule has 5 nitrogen and oxygen atoms in total. The fraction of sp³-hybridized carbons (Fsp3) is 0.556. The van der Waals surface area contributed by atoms with Crippen molar-refractivity contribution < 1.29 is 14.3 Å². The van der Waals surface area contributed by atoms with E-state index >= 15 is 0 Å². The average Bonchev–Trinajstić information content (AvgIpc) is 2.59. The summed E-state index contributed by atoms with van der Waals surface area (Å²) in [5.74, 6) is 0.282. The molecule has 5 heteroatoms. The first-order chi connectivity index (χ1) is 11.2. The molecule has 0 saturated carbocycles. The first kappa shape index (κ1) is 17.5. The van der Waals surface area contributed by atoms with E-state index in [2.05, 4.69) is 5.32 Å². The van der Waals surface area contributed by atoms with E-state index in [4.69, 9.17) is 4.74 Å². The normalized spacial score (nSPS) is 15.4.